The average molecular weight is 1560 g/mol. The summed E-state index contributed by atoms with van der Waals surface area (Å²) in [5.74, 6) is -3.83. The third-order valence-electron chi connectivity index (χ3n) is 21.2. The summed E-state index contributed by atoms with van der Waals surface area (Å²) in [6.07, 6.45) is 47.7. The normalized spacial score (nSPS) is 16.7. The molecule has 20 nitrogen and oxygen atoms in total. The Kier molecular flexibility index (Phi) is 72.9. The molecule has 21 heteroatoms. The SMILES string of the molecule is CCCCCCCCCCC[C@H](CC(=O)NCCO[C@@H]1O[C@H](CO)[C@@H](COP(=O)(O)O)[C@@H](NC(=O)C[C@@H](CCCCCCCCCCC)OC(=O)CCCCCCCCC)[C@H]1NC(=O)C[C@@H](CCCCCCCCCCC)OC(=O)CCCCCCCCC)OC(=O)CCCCCCCCC.CCN(CC)CC. The Hall–Kier alpha value is -3.23. The van der Waals surface area contributed by atoms with E-state index in [4.69, 9.17) is 28.2 Å². The van der Waals surface area contributed by atoms with Gasteiger partial charge in [0.2, 0.25) is 17.7 Å². The second kappa shape index (κ2) is 75.1. The number of hydrogen-bond donors (Lipinski definition) is 6. The highest BCUT2D eigenvalue weighted by atomic mass is 31.2. The van der Waals surface area contributed by atoms with Gasteiger partial charge in [0.05, 0.1) is 51.2 Å². The minimum atomic E-state index is -5.17. The first-order valence-electron chi connectivity index (χ1n) is 45.1. The molecule has 1 aliphatic rings. The van der Waals surface area contributed by atoms with Crippen LogP contribution in [0.2, 0.25) is 0 Å². The molecule has 3 amide bonds. The van der Waals surface area contributed by atoms with Gasteiger partial charge in [-0.1, -0.05) is 332 Å². The van der Waals surface area contributed by atoms with Crippen molar-refractivity contribution in [3.8, 4) is 0 Å². The predicted octanol–water partition coefficient (Wildman–Crippen LogP) is 21.0. The molecule has 1 aliphatic heterocycles. The van der Waals surface area contributed by atoms with Gasteiger partial charge < -0.3 is 59.4 Å². The zero-order valence-corrected chi connectivity index (χ0v) is 71.8. The molecule has 0 spiro atoms. The van der Waals surface area contributed by atoms with Gasteiger partial charge in [-0.3, -0.25) is 33.3 Å². The molecule has 0 radical (unpaired) electrons. The van der Waals surface area contributed by atoms with Crippen LogP contribution in [0.15, 0.2) is 0 Å². The Morgan fingerprint density at radius 3 is 0.944 bits per heavy atom. The van der Waals surface area contributed by atoms with E-state index in [1.807, 2.05) is 0 Å². The number of phosphoric ester groups is 1. The Labute approximate surface area is 660 Å². The number of unbranched alkanes of at least 4 members (excludes halogenated alkanes) is 42. The molecule has 0 aromatic heterocycles. The van der Waals surface area contributed by atoms with Crippen LogP contribution in [0.25, 0.3) is 0 Å². The molecular weight excluding hydrogens is 1390 g/mol. The number of amides is 3. The van der Waals surface area contributed by atoms with Crippen LogP contribution in [0.3, 0.4) is 0 Å². The smallest absolute Gasteiger partial charge is 0.462 e. The summed E-state index contributed by atoms with van der Waals surface area (Å²) in [4.78, 5) is 107. The number of nitrogens with one attached hydrogen (secondary N) is 3. The third kappa shape index (κ3) is 63.2. The minimum Gasteiger partial charge on any atom is -0.462 e. The minimum absolute atomic E-state index is 0.0537. The molecule has 0 unspecified atom stereocenters. The van der Waals surface area contributed by atoms with E-state index in [1.54, 1.807) is 0 Å². The zero-order valence-electron chi connectivity index (χ0n) is 70.9. The summed E-state index contributed by atoms with van der Waals surface area (Å²) in [6, 6.07) is -2.60. The Bertz CT molecular complexity index is 2150. The summed E-state index contributed by atoms with van der Waals surface area (Å²) in [7, 11) is -5.17. The van der Waals surface area contributed by atoms with Gasteiger partial charge in [-0.2, -0.15) is 0 Å². The van der Waals surface area contributed by atoms with E-state index in [0.29, 0.717) is 44.9 Å². The van der Waals surface area contributed by atoms with E-state index in [-0.39, 0.29) is 63.6 Å². The Morgan fingerprint density at radius 2 is 0.667 bits per heavy atom. The first kappa shape index (κ1) is 105. The number of carbonyl (C=O) groups is 6. The van der Waals surface area contributed by atoms with E-state index < -0.39 is 93.5 Å². The number of aliphatic hydroxyl groups excluding tert-OH is 1. The number of esters is 3. The molecule has 1 fully saturated rings. The molecule has 0 bridgehead atoms. The molecule has 6 N–H and O–H groups in total. The van der Waals surface area contributed by atoms with Crippen molar-refractivity contribution in [3.63, 3.8) is 0 Å². The van der Waals surface area contributed by atoms with Crippen molar-refractivity contribution < 1.29 is 76.4 Å². The van der Waals surface area contributed by atoms with E-state index >= 15 is 0 Å². The van der Waals surface area contributed by atoms with Crippen molar-refractivity contribution in [2.75, 3.05) is 46.0 Å². The second-order valence-electron chi connectivity index (χ2n) is 31.1. The standard InChI is InChI=1S/C81H154N3O16P.C6H15N/c1-7-13-19-25-31-34-40-43-49-55-68(97-76(89)58-52-46-37-28-22-16-10-4)63-73(86)82-61-62-95-81-80(84-75(88)65-70(57-51-45-42-36-33-27-21-15-9-3)99-78(91)60-54-48-39-30-24-18-12-6)79(71(72(66-85)100-81)67-96-101(92,93)94)83-74(87)64-69(56-50-44-41-35-32-26-20-14-8-2)98-77(90)59-53-47-38-29-23-17-11-5;1-4-7(5-2)6-3/h68-72,79-81,85H,7-67H2,1-6H3,(H,82,86)(H,83,87)(H,84,88)(H2,92,93,94);4-6H2,1-3H3/t68-,69-,70-,71-,72-,79-,80-,81-;/m1./s1. The van der Waals surface area contributed by atoms with Crippen LogP contribution in [-0.4, -0.2) is 144 Å². The highest BCUT2D eigenvalue weighted by Crippen LogP contribution is 2.39. The van der Waals surface area contributed by atoms with Gasteiger partial charge in [0.1, 0.15) is 24.4 Å². The fraction of sp³-hybridized carbons (Fsp3) is 0.931. The molecule has 638 valence electrons. The molecule has 0 aliphatic carbocycles. The van der Waals surface area contributed by atoms with Gasteiger partial charge in [0.15, 0.2) is 6.29 Å². The average Bonchev–Trinajstić information content (AvgIpc) is 0.785. The van der Waals surface area contributed by atoms with Crippen LogP contribution in [-0.2, 0) is 61.5 Å². The number of aliphatic hydroxyl groups is 1. The zero-order chi connectivity index (χ0) is 79.8. The van der Waals surface area contributed by atoms with Gasteiger partial charge in [-0.05, 0) is 77.4 Å². The molecule has 1 heterocycles. The number of carbonyl (C=O) groups excluding carboxylic acids is 6. The number of ether oxygens (including phenoxy) is 5. The van der Waals surface area contributed by atoms with Crippen molar-refractivity contribution in [1.29, 1.82) is 0 Å². The van der Waals surface area contributed by atoms with Crippen LogP contribution in [0.1, 0.15) is 428 Å². The molecule has 108 heavy (non-hydrogen) atoms. The van der Waals surface area contributed by atoms with E-state index in [1.165, 1.54) is 135 Å². The molecule has 0 aromatic rings. The molecule has 1 rings (SSSR count). The molecule has 0 aromatic carbocycles. The highest BCUT2D eigenvalue weighted by molar-refractivity contribution is 7.46. The van der Waals surface area contributed by atoms with Crippen LogP contribution in [0.4, 0.5) is 0 Å². The lowest BCUT2D eigenvalue weighted by Gasteiger charge is -2.46. The maximum absolute atomic E-state index is 14.8. The number of rotatable bonds is 76. The quantitative estimate of drug-likeness (QED) is 0.0143. The van der Waals surface area contributed by atoms with Crippen molar-refractivity contribution in [2.24, 2.45) is 5.92 Å². The molecule has 1 saturated heterocycles. The lowest BCUT2D eigenvalue weighted by atomic mass is 9.85. The summed E-state index contributed by atoms with van der Waals surface area (Å²) in [5, 5.41) is 20.0. The highest BCUT2D eigenvalue weighted by Gasteiger charge is 2.49. The summed E-state index contributed by atoms with van der Waals surface area (Å²) in [5.41, 5.74) is 0. The van der Waals surface area contributed by atoms with Crippen molar-refractivity contribution in [1.82, 2.24) is 20.9 Å². The van der Waals surface area contributed by atoms with Gasteiger partial charge in [-0.15, -0.1) is 0 Å². The third-order valence-corrected chi connectivity index (χ3v) is 21.7. The Morgan fingerprint density at radius 1 is 0.389 bits per heavy atom. The monoisotopic (exact) mass is 1560 g/mol. The van der Waals surface area contributed by atoms with Crippen LogP contribution >= 0.6 is 7.82 Å². The lowest BCUT2D eigenvalue weighted by molar-refractivity contribution is -0.240. The van der Waals surface area contributed by atoms with Crippen LogP contribution in [0.5, 0.6) is 0 Å². The molecule has 0 saturated carbocycles. The van der Waals surface area contributed by atoms with Crippen LogP contribution in [0, 0.1) is 5.92 Å². The first-order valence-corrected chi connectivity index (χ1v) is 46.7. The number of nitrogens with zero attached hydrogens (tertiary/aromatic N) is 1. The van der Waals surface area contributed by atoms with Crippen LogP contribution < -0.4 is 16.0 Å². The summed E-state index contributed by atoms with van der Waals surface area (Å²) < 4.78 is 48.8. The molecule has 8 atom stereocenters. The first-order chi connectivity index (χ1) is 52.4. The summed E-state index contributed by atoms with van der Waals surface area (Å²) in [6.45, 7) is 21.6. The van der Waals surface area contributed by atoms with Gasteiger partial charge in [-0.25, -0.2) is 4.57 Å². The fourth-order valence-electron chi connectivity index (χ4n) is 14.4. The predicted molar refractivity (Wildman–Crippen MR) is 440 cm³/mol. The summed E-state index contributed by atoms with van der Waals surface area (Å²) >= 11 is 0. The van der Waals surface area contributed by atoms with Crippen molar-refractivity contribution in [2.45, 2.75) is 471 Å². The maximum Gasteiger partial charge on any atom is 0.469 e. The largest absolute Gasteiger partial charge is 0.469 e. The van der Waals surface area contributed by atoms with Gasteiger partial charge >= 0.3 is 25.7 Å². The van der Waals surface area contributed by atoms with E-state index in [9.17, 15) is 48.2 Å². The van der Waals surface area contributed by atoms with Crippen molar-refractivity contribution >= 4 is 43.5 Å². The van der Waals surface area contributed by atoms with Crippen molar-refractivity contribution in [3.05, 3.63) is 0 Å². The Balaban J connectivity index is 0.0000155. The second-order valence-corrected chi connectivity index (χ2v) is 32.4. The fourth-order valence-corrected chi connectivity index (χ4v) is 14.7. The number of hydrogen-bond acceptors (Lipinski definition) is 15. The molecular formula is C87H169N4O16P. The van der Waals surface area contributed by atoms with Gasteiger partial charge in [0.25, 0.3) is 0 Å². The lowest BCUT2D eigenvalue weighted by Crippen LogP contribution is -2.68. The maximum atomic E-state index is 14.8. The van der Waals surface area contributed by atoms with Gasteiger partial charge in [0, 0.05) is 31.7 Å². The number of phosphoric acid groups is 1. The topological polar surface area (TPSA) is 275 Å². The van der Waals surface area contributed by atoms with E-state index in [2.05, 4.69) is 83.2 Å². The van der Waals surface area contributed by atoms with E-state index in [0.717, 1.165) is 167 Å².